The Labute approximate surface area is 194 Å². The van der Waals surface area contributed by atoms with Crippen molar-refractivity contribution >= 4 is 54.6 Å². The number of nitrogens with zero attached hydrogens (tertiary/aromatic N) is 1. The number of rotatable bonds is 1. The van der Waals surface area contributed by atoms with Crippen LogP contribution in [0.4, 0.5) is 4.39 Å². The maximum atomic E-state index is 14.7. The van der Waals surface area contributed by atoms with Crippen LogP contribution in [0, 0.1) is 19.7 Å². The summed E-state index contributed by atoms with van der Waals surface area (Å²) in [6.07, 6.45) is 2.04. The number of hydrogen-bond acceptors (Lipinski definition) is 2. The molecule has 0 spiro atoms. The zero-order valence-electron chi connectivity index (χ0n) is 19.1. The van der Waals surface area contributed by atoms with Crippen molar-refractivity contribution in [3.8, 4) is 11.3 Å². The molecule has 0 aliphatic carbocycles. The highest BCUT2D eigenvalue weighted by atomic mass is 19.1. The van der Waals surface area contributed by atoms with E-state index in [1.165, 1.54) is 17.2 Å². The summed E-state index contributed by atoms with van der Waals surface area (Å²) in [6.45, 7) is 4.29. The van der Waals surface area contributed by atoms with Crippen LogP contribution in [-0.4, -0.2) is 0 Å². The van der Waals surface area contributed by atoms with Crippen LogP contribution in [-0.2, 0) is 7.05 Å². The summed E-state index contributed by atoms with van der Waals surface area (Å²) in [4.78, 5) is 0. The zero-order valence-corrected chi connectivity index (χ0v) is 19.1. The molecule has 3 heterocycles. The van der Waals surface area contributed by atoms with Gasteiger partial charge in [0.2, 0.25) is 5.69 Å². The normalized spacial score (nSPS) is 12.1. The van der Waals surface area contributed by atoms with Gasteiger partial charge in [0.15, 0.2) is 6.20 Å². The SMILES string of the molecule is Cc1cc2c(oc3ccccc32)c(-c2c3ccc4c(oc5cccc(F)c54)c3cc[n+]2C)c1C. The molecule has 3 aromatic heterocycles. The first-order valence-electron chi connectivity index (χ1n) is 11.4. The fourth-order valence-corrected chi connectivity index (χ4v) is 5.37. The number of hydrogen-bond donors (Lipinski definition) is 0. The molecular weight excluding hydrogens is 425 g/mol. The number of furan rings is 2. The Balaban J connectivity index is 1.66. The third kappa shape index (κ3) is 2.43. The third-order valence-electron chi connectivity index (χ3n) is 7.15. The number of benzene rings is 4. The van der Waals surface area contributed by atoms with Crippen molar-refractivity contribution in [1.29, 1.82) is 0 Å². The lowest BCUT2D eigenvalue weighted by atomic mass is 9.93. The quantitative estimate of drug-likeness (QED) is 0.240. The Morgan fingerprint density at radius 3 is 2.35 bits per heavy atom. The molecular formula is C30H21FNO2+. The van der Waals surface area contributed by atoms with Crippen molar-refractivity contribution in [1.82, 2.24) is 0 Å². The van der Waals surface area contributed by atoms with Gasteiger partial charge in [-0.05, 0) is 61.4 Å². The van der Waals surface area contributed by atoms with E-state index in [2.05, 4.69) is 36.6 Å². The van der Waals surface area contributed by atoms with Gasteiger partial charge in [0.1, 0.15) is 35.2 Å². The highest BCUT2D eigenvalue weighted by Gasteiger charge is 2.26. The molecule has 0 amide bonds. The molecule has 0 unspecified atom stereocenters. The molecule has 7 aromatic rings. The van der Waals surface area contributed by atoms with Crippen LogP contribution in [0.2, 0.25) is 0 Å². The van der Waals surface area contributed by atoms with E-state index in [0.29, 0.717) is 16.6 Å². The molecule has 164 valence electrons. The van der Waals surface area contributed by atoms with E-state index >= 15 is 0 Å². The molecule has 0 bridgehead atoms. The second-order valence-corrected chi connectivity index (χ2v) is 9.06. The van der Waals surface area contributed by atoms with Crippen LogP contribution in [0.15, 0.2) is 81.8 Å². The van der Waals surface area contributed by atoms with Gasteiger partial charge in [0.25, 0.3) is 0 Å². The molecule has 0 saturated heterocycles. The lowest BCUT2D eigenvalue weighted by Gasteiger charge is -2.11. The Bertz CT molecular complexity index is 1960. The van der Waals surface area contributed by atoms with E-state index in [1.807, 2.05) is 49.6 Å². The zero-order chi connectivity index (χ0) is 23.1. The summed E-state index contributed by atoms with van der Waals surface area (Å²) in [5.74, 6) is -0.268. The molecule has 0 saturated carbocycles. The maximum Gasteiger partial charge on any atom is 0.224 e. The van der Waals surface area contributed by atoms with Gasteiger partial charge in [-0.15, -0.1) is 0 Å². The highest BCUT2D eigenvalue weighted by molar-refractivity contribution is 6.18. The average molecular weight is 447 g/mol. The Hall–Kier alpha value is -4.18. The minimum Gasteiger partial charge on any atom is -0.455 e. The molecule has 0 radical (unpaired) electrons. The molecule has 3 nitrogen and oxygen atoms in total. The van der Waals surface area contributed by atoms with Gasteiger partial charge in [-0.3, -0.25) is 0 Å². The Kier molecular flexibility index (Phi) is 3.79. The minimum atomic E-state index is -0.268. The predicted molar refractivity (Wildman–Crippen MR) is 135 cm³/mol. The van der Waals surface area contributed by atoms with E-state index in [4.69, 9.17) is 8.83 Å². The van der Waals surface area contributed by atoms with Gasteiger partial charge in [-0.2, -0.15) is 0 Å². The number of aryl methyl sites for hydroxylation is 2. The molecule has 4 heteroatoms. The lowest BCUT2D eigenvalue weighted by molar-refractivity contribution is -0.659. The largest absolute Gasteiger partial charge is 0.455 e. The van der Waals surface area contributed by atoms with Crippen LogP contribution in [0.3, 0.4) is 0 Å². The standard InChI is InChI=1S/C30H21FNO2/c1-16-15-22-18-7-4-5-9-24(18)33-30(22)26(17(16)2)28-19-11-12-21-27-23(31)8-6-10-25(27)34-29(21)20(19)13-14-32(28)3/h4-15H,1-3H3/q+1. The first-order chi connectivity index (χ1) is 16.5. The molecule has 4 aromatic carbocycles. The van der Waals surface area contributed by atoms with Crippen LogP contribution < -0.4 is 4.57 Å². The van der Waals surface area contributed by atoms with Crippen LogP contribution in [0.25, 0.3) is 65.9 Å². The van der Waals surface area contributed by atoms with Gasteiger partial charge >= 0.3 is 0 Å². The van der Waals surface area contributed by atoms with Crippen molar-refractivity contribution in [2.24, 2.45) is 7.05 Å². The fourth-order valence-electron chi connectivity index (χ4n) is 5.37. The predicted octanol–water partition coefficient (Wildman–Crippen LogP) is 7.89. The Morgan fingerprint density at radius 1 is 0.706 bits per heavy atom. The lowest BCUT2D eigenvalue weighted by Crippen LogP contribution is -2.30. The Morgan fingerprint density at radius 2 is 1.47 bits per heavy atom. The van der Waals surface area contributed by atoms with E-state index in [1.54, 1.807) is 6.07 Å². The van der Waals surface area contributed by atoms with Crippen molar-refractivity contribution in [3.05, 3.63) is 89.9 Å². The van der Waals surface area contributed by atoms with E-state index < -0.39 is 0 Å². The number of halogens is 1. The summed E-state index contributed by atoms with van der Waals surface area (Å²) in [7, 11) is 2.05. The maximum absolute atomic E-state index is 14.7. The molecule has 0 aliphatic rings. The van der Waals surface area contributed by atoms with E-state index in [9.17, 15) is 4.39 Å². The van der Waals surface area contributed by atoms with Crippen LogP contribution >= 0.6 is 0 Å². The molecule has 34 heavy (non-hydrogen) atoms. The highest BCUT2D eigenvalue weighted by Crippen LogP contribution is 2.42. The smallest absolute Gasteiger partial charge is 0.224 e. The van der Waals surface area contributed by atoms with Gasteiger partial charge in [-0.1, -0.05) is 24.3 Å². The van der Waals surface area contributed by atoms with Crippen molar-refractivity contribution in [3.63, 3.8) is 0 Å². The van der Waals surface area contributed by atoms with Gasteiger partial charge in [0.05, 0.1) is 16.3 Å². The third-order valence-corrected chi connectivity index (χ3v) is 7.15. The minimum absolute atomic E-state index is 0.268. The summed E-state index contributed by atoms with van der Waals surface area (Å²) in [5, 5.41) is 5.52. The second-order valence-electron chi connectivity index (χ2n) is 9.06. The van der Waals surface area contributed by atoms with E-state index in [0.717, 1.165) is 49.4 Å². The average Bonchev–Trinajstić information content (AvgIpc) is 3.40. The summed E-state index contributed by atoms with van der Waals surface area (Å²) in [5.41, 5.74) is 7.51. The summed E-state index contributed by atoms with van der Waals surface area (Å²) < 4.78 is 29.4. The molecule has 0 N–H and O–H groups in total. The molecule has 7 rings (SSSR count). The number of fused-ring (bicyclic) bond motifs is 8. The van der Waals surface area contributed by atoms with E-state index in [-0.39, 0.29) is 5.82 Å². The first-order valence-corrected chi connectivity index (χ1v) is 11.4. The van der Waals surface area contributed by atoms with Crippen molar-refractivity contribution in [2.75, 3.05) is 0 Å². The van der Waals surface area contributed by atoms with Crippen LogP contribution in [0.1, 0.15) is 11.1 Å². The monoisotopic (exact) mass is 446 g/mol. The van der Waals surface area contributed by atoms with Crippen LogP contribution in [0.5, 0.6) is 0 Å². The summed E-state index contributed by atoms with van der Waals surface area (Å²) in [6, 6.07) is 21.4. The number of aromatic nitrogens is 1. The van der Waals surface area contributed by atoms with Crippen molar-refractivity contribution < 1.29 is 17.8 Å². The fraction of sp³-hybridized carbons (Fsp3) is 0.100. The number of para-hydroxylation sites is 1. The summed E-state index contributed by atoms with van der Waals surface area (Å²) >= 11 is 0. The molecule has 0 aliphatic heterocycles. The van der Waals surface area contributed by atoms with Gasteiger partial charge < -0.3 is 8.83 Å². The molecule has 0 atom stereocenters. The van der Waals surface area contributed by atoms with Gasteiger partial charge in [-0.25, -0.2) is 8.96 Å². The topological polar surface area (TPSA) is 30.2 Å². The first kappa shape index (κ1) is 19.3. The second kappa shape index (κ2) is 6.67. The number of pyridine rings is 1. The van der Waals surface area contributed by atoms with Crippen molar-refractivity contribution in [2.45, 2.75) is 13.8 Å². The molecule has 0 fully saturated rings. The van der Waals surface area contributed by atoms with Gasteiger partial charge in [0, 0.05) is 27.6 Å².